The fourth-order valence-electron chi connectivity index (χ4n) is 7.93. The fraction of sp³-hybridized carbons (Fsp3) is 0.730. The lowest BCUT2D eigenvalue weighted by atomic mass is 10.0. The predicted octanol–water partition coefficient (Wildman–Crippen LogP) is 15.8. The number of aliphatic carboxylic acids is 1. The summed E-state index contributed by atoms with van der Waals surface area (Å²) in [6, 6.07) is 0. The highest BCUT2D eigenvalue weighted by Crippen LogP contribution is 2.16. The molecule has 0 aromatic heterocycles. The first-order chi connectivity index (χ1) is 35.1. The SMILES string of the molecule is CC/C=C\C/C=C\C/C=C\C/C=C\C/C=C\C/C=C\C/C=C\CCCCCCCCCCCC(=O)OC(COC(=O)CCCCCCCCCCCCCCCCCC)COC(OCC[N+](C)(C)C)C(=O)[O-]. The third-order valence-electron chi connectivity index (χ3n) is 12.4. The largest absolute Gasteiger partial charge is 0.545 e. The van der Waals surface area contributed by atoms with Gasteiger partial charge in [0.05, 0.1) is 40.3 Å². The zero-order valence-corrected chi connectivity index (χ0v) is 47.0. The van der Waals surface area contributed by atoms with Crippen LogP contribution in [0, 0.1) is 0 Å². The minimum atomic E-state index is -1.62. The molecule has 0 bridgehead atoms. The van der Waals surface area contributed by atoms with E-state index in [1.165, 1.54) is 116 Å². The van der Waals surface area contributed by atoms with Gasteiger partial charge >= 0.3 is 11.9 Å². The molecular weight excluding hydrogens is 899 g/mol. The molecule has 2 unspecified atom stereocenters. The van der Waals surface area contributed by atoms with Crippen molar-refractivity contribution in [2.24, 2.45) is 0 Å². The minimum absolute atomic E-state index is 0.144. The number of hydrogen-bond donors (Lipinski definition) is 0. The number of rotatable bonds is 53. The van der Waals surface area contributed by atoms with Crippen LogP contribution < -0.4 is 5.11 Å². The molecule has 72 heavy (non-hydrogen) atoms. The molecule has 0 radical (unpaired) electrons. The first-order valence-corrected chi connectivity index (χ1v) is 29.2. The number of esters is 2. The molecule has 0 amide bonds. The normalized spacial score (nSPS) is 13.4. The second-order valence-electron chi connectivity index (χ2n) is 20.6. The Labute approximate surface area is 442 Å². The molecule has 0 saturated heterocycles. The number of nitrogens with zero attached hydrogens (tertiary/aromatic N) is 1. The van der Waals surface area contributed by atoms with Crippen LogP contribution >= 0.6 is 0 Å². The average molecular weight is 1010 g/mol. The van der Waals surface area contributed by atoms with Gasteiger partial charge in [-0.3, -0.25) is 9.59 Å². The third-order valence-corrected chi connectivity index (χ3v) is 12.4. The average Bonchev–Trinajstić information content (AvgIpc) is 3.35. The van der Waals surface area contributed by atoms with Crippen molar-refractivity contribution < 1.29 is 42.9 Å². The number of carbonyl (C=O) groups excluding carboxylic acids is 3. The van der Waals surface area contributed by atoms with Crippen LogP contribution in [0.1, 0.15) is 239 Å². The van der Waals surface area contributed by atoms with Crippen LogP contribution in [0.2, 0.25) is 0 Å². The second-order valence-corrected chi connectivity index (χ2v) is 20.6. The van der Waals surface area contributed by atoms with Crippen LogP contribution in [-0.4, -0.2) is 82.3 Å². The van der Waals surface area contributed by atoms with Gasteiger partial charge in [0.25, 0.3) is 0 Å². The van der Waals surface area contributed by atoms with Gasteiger partial charge in [-0.15, -0.1) is 0 Å². The molecule has 0 fully saturated rings. The molecule has 414 valence electrons. The number of likely N-dealkylation sites (N-methyl/N-ethyl adjacent to an activating group) is 1. The summed E-state index contributed by atoms with van der Waals surface area (Å²) in [6.45, 7) is 4.64. The fourth-order valence-corrected chi connectivity index (χ4v) is 7.93. The van der Waals surface area contributed by atoms with E-state index in [1.54, 1.807) is 0 Å². The zero-order valence-electron chi connectivity index (χ0n) is 47.0. The lowest BCUT2D eigenvalue weighted by Gasteiger charge is -2.26. The summed E-state index contributed by atoms with van der Waals surface area (Å²) in [7, 11) is 5.92. The standard InChI is InChI=1S/C63H109NO8/c1-6-8-10-12-14-16-18-20-22-24-25-26-27-28-29-30-31-32-33-34-35-36-37-38-40-42-44-46-48-50-52-54-61(66)72-59(58-71-63(62(67)68)69-56-55-64(3,4)5)57-70-60(65)53-51-49-47-45-43-41-39-23-21-19-17-15-13-11-9-7-2/h8,10,14,16,20,22,25-26,28-29,31-32,34-35,59,63H,6-7,9,11-13,15,17-19,21,23-24,27,30,33,36-58H2,1-5H3/b10-8-,16-14-,22-20-,26-25-,29-28-,32-31-,35-34-. The van der Waals surface area contributed by atoms with E-state index in [2.05, 4.69) is 98.9 Å². The number of quaternary nitrogens is 1. The molecule has 0 heterocycles. The van der Waals surface area contributed by atoms with Gasteiger partial charge in [0.2, 0.25) is 0 Å². The van der Waals surface area contributed by atoms with Gasteiger partial charge in [-0.2, -0.15) is 0 Å². The highest BCUT2D eigenvalue weighted by Gasteiger charge is 2.22. The van der Waals surface area contributed by atoms with Gasteiger partial charge < -0.3 is 33.3 Å². The Kier molecular flexibility index (Phi) is 51.1. The van der Waals surface area contributed by atoms with Gasteiger partial charge in [0, 0.05) is 12.8 Å². The summed E-state index contributed by atoms with van der Waals surface area (Å²) >= 11 is 0. The molecule has 0 aliphatic carbocycles. The maximum atomic E-state index is 12.9. The molecule has 0 aromatic carbocycles. The van der Waals surface area contributed by atoms with E-state index >= 15 is 0 Å². The summed E-state index contributed by atoms with van der Waals surface area (Å²) < 4.78 is 22.7. The van der Waals surface area contributed by atoms with Crippen molar-refractivity contribution in [2.45, 2.75) is 251 Å². The predicted molar refractivity (Wildman–Crippen MR) is 301 cm³/mol. The van der Waals surface area contributed by atoms with Crippen molar-refractivity contribution in [2.75, 3.05) is 47.5 Å². The Hall–Kier alpha value is -3.53. The van der Waals surface area contributed by atoms with Gasteiger partial charge in [-0.05, 0) is 70.6 Å². The summed E-state index contributed by atoms with van der Waals surface area (Å²) in [6.07, 6.45) is 67.7. The van der Waals surface area contributed by atoms with Crippen LogP contribution in [0.3, 0.4) is 0 Å². The molecule has 0 saturated carbocycles. The van der Waals surface area contributed by atoms with E-state index in [0.29, 0.717) is 23.9 Å². The van der Waals surface area contributed by atoms with E-state index in [9.17, 15) is 19.5 Å². The molecule has 0 spiro atoms. The Balaban J connectivity index is 4.23. The van der Waals surface area contributed by atoms with E-state index in [1.807, 2.05) is 21.1 Å². The first-order valence-electron chi connectivity index (χ1n) is 29.2. The van der Waals surface area contributed by atoms with Crippen LogP contribution in [-0.2, 0) is 33.3 Å². The number of hydrogen-bond acceptors (Lipinski definition) is 8. The number of allylic oxidation sites excluding steroid dienone is 14. The van der Waals surface area contributed by atoms with Crippen LogP contribution in [0.25, 0.3) is 0 Å². The van der Waals surface area contributed by atoms with Crippen molar-refractivity contribution in [3.8, 4) is 0 Å². The Bertz CT molecular complexity index is 1450. The topological polar surface area (TPSA) is 111 Å². The summed E-state index contributed by atoms with van der Waals surface area (Å²) in [5, 5.41) is 11.8. The Morgan fingerprint density at radius 1 is 0.431 bits per heavy atom. The summed E-state index contributed by atoms with van der Waals surface area (Å²) in [5.74, 6) is -2.29. The maximum Gasteiger partial charge on any atom is 0.306 e. The second kappa shape index (κ2) is 53.8. The smallest absolute Gasteiger partial charge is 0.306 e. The number of ether oxygens (including phenoxy) is 4. The van der Waals surface area contributed by atoms with E-state index in [0.717, 1.165) is 89.9 Å². The molecule has 9 heteroatoms. The summed E-state index contributed by atoms with van der Waals surface area (Å²) in [5.41, 5.74) is 0. The molecule has 0 aromatic rings. The van der Waals surface area contributed by atoms with E-state index < -0.39 is 24.3 Å². The third kappa shape index (κ3) is 54.2. The summed E-state index contributed by atoms with van der Waals surface area (Å²) in [4.78, 5) is 37.3. The lowest BCUT2D eigenvalue weighted by Crippen LogP contribution is -2.44. The molecule has 2 atom stereocenters. The van der Waals surface area contributed by atoms with Crippen molar-refractivity contribution in [3.05, 3.63) is 85.1 Å². The molecular formula is C63H109NO8. The minimum Gasteiger partial charge on any atom is -0.545 e. The van der Waals surface area contributed by atoms with Gasteiger partial charge in [0.1, 0.15) is 13.2 Å². The molecule has 0 rings (SSSR count). The Morgan fingerprint density at radius 2 is 0.792 bits per heavy atom. The Morgan fingerprint density at radius 3 is 1.18 bits per heavy atom. The number of carboxylic acids is 1. The number of carboxylic acid groups (broad SMARTS) is 1. The molecule has 0 N–H and O–H groups in total. The van der Waals surface area contributed by atoms with E-state index in [4.69, 9.17) is 18.9 Å². The van der Waals surface area contributed by atoms with Crippen molar-refractivity contribution in [1.29, 1.82) is 0 Å². The first kappa shape index (κ1) is 68.5. The van der Waals surface area contributed by atoms with Gasteiger partial charge in [-0.1, -0.05) is 240 Å². The van der Waals surface area contributed by atoms with Crippen molar-refractivity contribution >= 4 is 17.9 Å². The van der Waals surface area contributed by atoms with Crippen LogP contribution in [0.4, 0.5) is 0 Å². The lowest BCUT2D eigenvalue weighted by molar-refractivity contribution is -0.870. The van der Waals surface area contributed by atoms with Gasteiger partial charge in [-0.25, -0.2) is 0 Å². The number of carbonyl (C=O) groups is 3. The van der Waals surface area contributed by atoms with Crippen LogP contribution in [0.15, 0.2) is 85.1 Å². The van der Waals surface area contributed by atoms with Gasteiger partial charge in [0.15, 0.2) is 12.4 Å². The zero-order chi connectivity index (χ0) is 52.7. The molecule has 0 aliphatic heterocycles. The highest BCUT2D eigenvalue weighted by molar-refractivity contribution is 5.70. The van der Waals surface area contributed by atoms with Crippen LogP contribution in [0.5, 0.6) is 0 Å². The quantitative estimate of drug-likeness (QED) is 0.0195. The molecule has 0 aliphatic rings. The van der Waals surface area contributed by atoms with Crippen molar-refractivity contribution in [3.63, 3.8) is 0 Å². The molecule has 9 nitrogen and oxygen atoms in total. The van der Waals surface area contributed by atoms with E-state index in [-0.39, 0.29) is 32.2 Å². The highest BCUT2D eigenvalue weighted by atomic mass is 16.7. The number of unbranched alkanes of at least 4 members (excludes halogenated alkanes) is 24. The monoisotopic (exact) mass is 1010 g/mol. The van der Waals surface area contributed by atoms with Crippen molar-refractivity contribution in [1.82, 2.24) is 0 Å². The maximum absolute atomic E-state index is 12.9.